The van der Waals surface area contributed by atoms with Crippen LogP contribution in [0.25, 0.3) is 11.1 Å². The molecular weight excluding hydrogens is 194 g/mol. The maximum Gasteiger partial charge on any atom is 0.0178 e. The lowest BCUT2D eigenvalue weighted by Gasteiger charge is -2.07. The Bertz CT molecular complexity index is 501. The molecule has 2 aromatic rings. The highest BCUT2D eigenvalue weighted by atomic mass is 14.5. The smallest absolute Gasteiger partial charge is 0.0178 e. The summed E-state index contributed by atoms with van der Waals surface area (Å²) in [7, 11) is 0. The van der Waals surface area contributed by atoms with Crippen molar-refractivity contribution in [2.24, 2.45) is 5.73 Å². The lowest BCUT2D eigenvalue weighted by Crippen LogP contribution is -1.95. The molecule has 0 fully saturated rings. The van der Waals surface area contributed by atoms with Crippen molar-refractivity contribution in [3.8, 4) is 11.1 Å². The van der Waals surface area contributed by atoms with Gasteiger partial charge < -0.3 is 5.73 Å². The van der Waals surface area contributed by atoms with Crippen molar-refractivity contribution in [2.45, 2.75) is 20.4 Å². The van der Waals surface area contributed by atoms with E-state index >= 15 is 0 Å². The fourth-order valence-electron chi connectivity index (χ4n) is 1.80. The standard InChI is InChI=1S/C15H17N/c1-11-6-7-15(8-12(11)2)14-5-3-4-13(9-14)10-16/h3-9H,10,16H2,1-2H3. The summed E-state index contributed by atoms with van der Waals surface area (Å²) in [4.78, 5) is 0. The SMILES string of the molecule is Cc1ccc(-c2cccc(CN)c2)cc1C. The summed E-state index contributed by atoms with van der Waals surface area (Å²) in [6.07, 6.45) is 0. The second-order valence-corrected chi connectivity index (χ2v) is 4.20. The molecule has 2 rings (SSSR count). The van der Waals surface area contributed by atoms with Gasteiger partial charge in [-0.25, -0.2) is 0 Å². The van der Waals surface area contributed by atoms with Crippen molar-refractivity contribution in [1.82, 2.24) is 0 Å². The Balaban J connectivity index is 2.46. The van der Waals surface area contributed by atoms with Crippen molar-refractivity contribution >= 4 is 0 Å². The molecule has 0 aliphatic rings. The highest BCUT2D eigenvalue weighted by Crippen LogP contribution is 2.22. The lowest BCUT2D eigenvalue weighted by atomic mass is 9.99. The molecule has 0 saturated carbocycles. The van der Waals surface area contributed by atoms with Crippen LogP contribution in [0.4, 0.5) is 0 Å². The fourth-order valence-corrected chi connectivity index (χ4v) is 1.80. The minimum Gasteiger partial charge on any atom is -0.326 e. The van der Waals surface area contributed by atoms with Crippen LogP contribution in [0.3, 0.4) is 0 Å². The van der Waals surface area contributed by atoms with Crippen LogP contribution in [0.1, 0.15) is 16.7 Å². The van der Waals surface area contributed by atoms with Gasteiger partial charge in [-0.15, -0.1) is 0 Å². The van der Waals surface area contributed by atoms with Gasteiger partial charge in [0.05, 0.1) is 0 Å². The normalized spacial score (nSPS) is 10.4. The van der Waals surface area contributed by atoms with E-state index in [1.165, 1.54) is 27.8 Å². The van der Waals surface area contributed by atoms with Crippen LogP contribution in [0, 0.1) is 13.8 Å². The van der Waals surface area contributed by atoms with E-state index in [9.17, 15) is 0 Å². The van der Waals surface area contributed by atoms with E-state index in [0.29, 0.717) is 6.54 Å². The minimum absolute atomic E-state index is 0.596. The number of rotatable bonds is 2. The molecule has 0 radical (unpaired) electrons. The van der Waals surface area contributed by atoms with Crippen LogP contribution in [-0.4, -0.2) is 0 Å². The summed E-state index contributed by atoms with van der Waals surface area (Å²) in [5.41, 5.74) is 12.0. The molecule has 0 unspecified atom stereocenters. The molecule has 2 aromatic carbocycles. The molecule has 82 valence electrons. The van der Waals surface area contributed by atoms with Gasteiger partial charge in [0.15, 0.2) is 0 Å². The molecule has 0 atom stereocenters. The zero-order chi connectivity index (χ0) is 11.5. The van der Waals surface area contributed by atoms with Crippen molar-refractivity contribution in [1.29, 1.82) is 0 Å². The van der Waals surface area contributed by atoms with Crippen LogP contribution in [0.15, 0.2) is 42.5 Å². The zero-order valence-corrected chi connectivity index (χ0v) is 9.83. The second-order valence-electron chi connectivity index (χ2n) is 4.20. The number of nitrogens with two attached hydrogens (primary N) is 1. The van der Waals surface area contributed by atoms with Crippen LogP contribution >= 0.6 is 0 Å². The fraction of sp³-hybridized carbons (Fsp3) is 0.200. The molecule has 1 heteroatoms. The van der Waals surface area contributed by atoms with E-state index in [0.717, 1.165) is 0 Å². The summed E-state index contributed by atoms with van der Waals surface area (Å²) in [5.74, 6) is 0. The highest BCUT2D eigenvalue weighted by Gasteiger charge is 2.00. The first kappa shape index (κ1) is 10.9. The largest absolute Gasteiger partial charge is 0.326 e. The van der Waals surface area contributed by atoms with Gasteiger partial charge in [-0.2, -0.15) is 0 Å². The molecule has 0 spiro atoms. The molecule has 2 N–H and O–H groups in total. The molecule has 0 aromatic heterocycles. The Morgan fingerprint density at radius 2 is 1.62 bits per heavy atom. The summed E-state index contributed by atoms with van der Waals surface area (Å²) < 4.78 is 0. The molecule has 0 bridgehead atoms. The number of benzene rings is 2. The third-order valence-electron chi connectivity index (χ3n) is 3.00. The monoisotopic (exact) mass is 211 g/mol. The number of aryl methyl sites for hydroxylation is 2. The van der Waals surface area contributed by atoms with Gasteiger partial charge >= 0.3 is 0 Å². The van der Waals surface area contributed by atoms with Crippen molar-refractivity contribution in [3.63, 3.8) is 0 Å². The van der Waals surface area contributed by atoms with Crippen LogP contribution in [-0.2, 0) is 6.54 Å². The van der Waals surface area contributed by atoms with Gasteiger partial charge in [0.25, 0.3) is 0 Å². The Hall–Kier alpha value is -1.60. The third kappa shape index (κ3) is 2.15. The summed E-state index contributed by atoms with van der Waals surface area (Å²) >= 11 is 0. The third-order valence-corrected chi connectivity index (χ3v) is 3.00. The first-order valence-corrected chi connectivity index (χ1v) is 5.57. The Labute approximate surface area is 96.9 Å². The topological polar surface area (TPSA) is 26.0 Å². The average molecular weight is 211 g/mol. The first-order chi connectivity index (χ1) is 7.70. The quantitative estimate of drug-likeness (QED) is 0.809. The van der Waals surface area contributed by atoms with Crippen LogP contribution < -0.4 is 5.73 Å². The lowest BCUT2D eigenvalue weighted by molar-refractivity contribution is 1.07. The zero-order valence-electron chi connectivity index (χ0n) is 9.83. The van der Waals surface area contributed by atoms with Gasteiger partial charge in [0.2, 0.25) is 0 Å². The van der Waals surface area contributed by atoms with Crippen LogP contribution in [0.2, 0.25) is 0 Å². The van der Waals surface area contributed by atoms with Gasteiger partial charge in [-0.05, 0) is 47.7 Å². The summed E-state index contributed by atoms with van der Waals surface area (Å²) in [5, 5.41) is 0. The molecule has 16 heavy (non-hydrogen) atoms. The summed E-state index contributed by atoms with van der Waals surface area (Å²) in [6, 6.07) is 15.0. The minimum atomic E-state index is 0.596. The van der Waals surface area contributed by atoms with E-state index < -0.39 is 0 Å². The Kier molecular flexibility index (Phi) is 3.07. The van der Waals surface area contributed by atoms with E-state index in [-0.39, 0.29) is 0 Å². The van der Waals surface area contributed by atoms with E-state index in [1.807, 2.05) is 0 Å². The van der Waals surface area contributed by atoms with Gasteiger partial charge in [0.1, 0.15) is 0 Å². The van der Waals surface area contributed by atoms with Crippen LogP contribution in [0.5, 0.6) is 0 Å². The van der Waals surface area contributed by atoms with Gasteiger partial charge in [-0.3, -0.25) is 0 Å². The molecule has 0 aliphatic carbocycles. The number of hydrogen-bond acceptors (Lipinski definition) is 1. The molecule has 0 heterocycles. The first-order valence-electron chi connectivity index (χ1n) is 5.57. The molecule has 0 amide bonds. The van der Waals surface area contributed by atoms with E-state index in [1.54, 1.807) is 0 Å². The predicted octanol–water partition coefficient (Wildman–Crippen LogP) is 3.43. The maximum absolute atomic E-state index is 5.65. The number of hydrogen-bond donors (Lipinski definition) is 1. The average Bonchev–Trinajstić information content (AvgIpc) is 2.33. The van der Waals surface area contributed by atoms with Gasteiger partial charge in [0, 0.05) is 6.54 Å². The highest BCUT2D eigenvalue weighted by molar-refractivity contribution is 5.65. The molecular formula is C15H17N. The van der Waals surface area contributed by atoms with Crippen molar-refractivity contribution < 1.29 is 0 Å². The predicted molar refractivity (Wildman–Crippen MR) is 69.2 cm³/mol. The molecule has 0 aliphatic heterocycles. The van der Waals surface area contributed by atoms with Crippen molar-refractivity contribution in [3.05, 3.63) is 59.2 Å². The maximum atomic E-state index is 5.65. The van der Waals surface area contributed by atoms with Crippen molar-refractivity contribution in [2.75, 3.05) is 0 Å². The Morgan fingerprint density at radius 3 is 2.31 bits per heavy atom. The van der Waals surface area contributed by atoms with Gasteiger partial charge in [-0.1, -0.05) is 36.4 Å². The van der Waals surface area contributed by atoms with E-state index in [2.05, 4.69) is 56.3 Å². The molecule has 1 nitrogen and oxygen atoms in total. The Morgan fingerprint density at radius 1 is 0.875 bits per heavy atom. The molecule has 0 saturated heterocycles. The summed E-state index contributed by atoms with van der Waals surface area (Å²) in [6.45, 7) is 4.87. The van der Waals surface area contributed by atoms with E-state index in [4.69, 9.17) is 5.73 Å². The second kappa shape index (κ2) is 4.50.